The Morgan fingerprint density at radius 1 is 0.962 bits per heavy atom. The number of hydrogen-bond acceptors (Lipinski definition) is 4. The van der Waals surface area contributed by atoms with E-state index in [-0.39, 0.29) is 5.91 Å². The molecule has 0 unspecified atom stereocenters. The van der Waals surface area contributed by atoms with E-state index in [1.54, 1.807) is 13.3 Å². The Balaban J connectivity index is 1.48. The van der Waals surface area contributed by atoms with Crippen molar-refractivity contribution in [3.63, 3.8) is 0 Å². The summed E-state index contributed by atoms with van der Waals surface area (Å²) >= 11 is 0. The standard InChI is InChI=1S/C21H21N3O2/c1-26-18-9-7-17(8-10-18)23-12-14-24(15-13-23)21(25)19-6-2-4-16-5-3-11-22-20(16)19/h2-11H,12-15H2,1H3. The highest BCUT2D eigenvalue weighted by Crippen LogP contribution is 2.22. The smallest absolute Gasteiger partial charge is 0.256 e. The molecule has 3 aromatic rings. The van der Waals surface area contributed by atoms with Crippen LogP contribution in [0.1, 0.15) is 10.4 Å². The Morgan fingerprint density at radius 2 is 1.69 bits per heavy atom. The van der Waals surface area contributed by atoms with Crippen molar-refractivity contribution < 1.29 is 9.53 Å². The summed E-state index contributed by atoms with van der Waals surface area (Å²) in [7, 11) is 1.67. The SMILES string of the molecule is COc1ccc(N2CCN(C(=O)c3cccc4cccnc34)CC2)cc1. The molecule has 5 heteroatoms. The molecule has 0 saturated carbocycles. The summed E-state index contributed by atoms with van der Waals surface area (Å²) in [6.45, 7) is 3.04. The monoisotopic (exact) mass is 347 g/mol. The summed E-state index contributed by atoms with van der Waals surface area (Å²) in [5, 5.41) is 0.996. The van der Waals surface area contributed by atoms with E-state index in [0.29, 0.717) is 18.7 Å². The summed E-state index contributed by atoms with van der Waals surface area (Å²) in [4.78, 5) is 21.6. The van der Waals surface area contributed by atoms with E-state index in [9.17, 15) is 4.79 Å². The van der Waals surface area contributed by atoms with Gasteiger partial charge in [0.1, 0.15) is 5.75 Å². The number of ether oxygens (including phenoxy) is 1. The van der Waals surface area contributed by atoms with Crippen LogP contribution in [0.25, 0.3) is 10.9 Å². The Hall–Kier alpha value is -3.08. The number of carbonyl (C=O) groups is 1. The summed E-state index contributed by atoms with van der Waals surface area (Å²) < 4.78 is 5.21. The van der Waals surface area contributed by atoms with Crippen molar-refractivity contribution in [1.82, 2.24) is 9.88 Å². The maximum absolute atomic E-state index is 13.0. The Bertz CT molecular complexity index is 911. The van der Waals surface area contributed by atoms with Gasteiger partial charge < -0.3 is 14.5 Å². The molecule has 0 N–H and O–H groups in total. The molecular formula is C21H21N3O2. The molecule has 132 valence electrons. The summed E-state index contributed by atoms with van der Waals surface area (Å²) in [6, 6.07) is 17.7. The second-order valence-corrected chi connectivity index (χ2v) is 6.36. The van der Waals surface area contributed by atoms with Gasteiger partial charge in [0.05, 0.1) is 18.2 Å². The van der Waals surface area contributed by atoms with Gasteiger partial charge in [-0.15, -0.1) is 0 Å². The van der Waals surface area contributed by atoms with Gasteiger partial charge in [-0.05, 0) is 36.4 Å². The van der Waals surface area contributed by atoms with Crippen LogP contribution in [0.15, 0.2) is 60.8 Å². The van der Waals surface area contributed by atoms with Gasteiger partial charge in [0.15, 0.2) is 0 Å². The van der Waals surface area contributed by atoms with Gasteiger partial charge in [-0.2, -0.15) is 0 Å². The molecule has 26 heavy (non-hydrogen) atoms. The van der Waals surface area contributed by atoms with Gasteiger partial charge >= 0.3 is 0 Å². The van der Waals surface area contributed by atoms with E-state index in [1.165, 1.54) is 0 Å². The molecule has 1 saturated heterocycles. The molecule has 1 fully saturated rings. The highest BCUT2D eigenvalue weighted by Gasteiger charge is 2.23. The number of aromatic nitrogens is 1. The Kier molecular flexibility index (Phi) is 4.44. The van der Waals surface area contributed by atoms with Gasteiger partial charge in [-0.25, -0.2) is 0 Å². The van der Waals surface area contributed by atoms with Crippen LogP contribution < -0.4 is 9.64 Å². The number of para-hydroxylation sites is 1. The van der Waals surface area contributed by atoms with Crippen LogP contribution in [0.4, 0.5) is 5.69 Å². The number of nitrogens with zero attached hydrogens (tertiary/aromatic N) is 3. The van der Waals surface area contributed by atoms with Crippen LogP contribution in [0.5, 0.6) is 5.75 Å². The molecule has 0 radical (unpaired) electrons. The molecule has 0 aliphatic carbocycles. The zero-order chi connectivity index (χ0) is 17.9. The lowest BCUT2D eigenvalue weighted by atomic mass is 10.1. The van der Waals surface area contributed by atoms with Gasteiger partial charge in [-0.3, -0.25) is 9.78 Å². The molecule has 2 aromatic carbocycles. The molecule has 1 aliphatic rings. The number of fused-ring (bicyclic) bond motifs is 1. The lowest BCUT2D eigenvalue weighted by molar-refractivity contribution is 0.0748. The van der Waals surface area contributed by atoms with Gasteiger partial charge in [0.25, 0.3) is 5.91 Å². The number of amides is 1. The summed E-state index contributed by atoms with van der Waals surface area (Å²) in [5.41, 5.74) is 2.61. The first-order chi connectivity index (χ1) is 12.8. The minimum Gasteiger partial charge on any atom is -0.497 e. The van der Waals surface area contributed by atoms with Gasteiger partial charge in [0.2, 0.25) is 0 Å². The highest BCUT2D eigenvalue weighted by atomic mass is 16.5. The molecule has 1 amide bonds. The molecule has 0 bridgehead atoms. The number of anilines is 1. The number of carbonyl (C=O) groups excluding carboxylic acids is 1. The second-order valence-electron chi connectivity index (χ2n) is 6.36. The maximum atomic E-state index is 13.0. The van der Waals surface area contributed by atoms with Crippen LogP contribution in [0, 0.1) is 0 Å². The highest BCUT2D eigenvalue weighted by molar-refractivity contribution is 6.05. The molecule has 0 atom stereocenters. The molecule has 4 rings (SSSR count). The predicted molar refractivity (Wildman–Crippen MR) is 103 cm³/mol. The van der Waals surface area contributed by atoms with Crippen LogP contribution in [0.2, 0.25) is 0 Å². The predicted octanol–water partition coefficient (Wildman–Crippen LogP) is 3.21. The van der Waals surface area contributed by atoms with E-state index < -0.39 is 0 Å². The third-order valence-corrected chi connectivity index (χ3v) is 4.87. The van der Waals surface area contributed by atoms with Crippen LogP contribution in [0.3, 0.4) is 0 Å². The van der Waals surface area contributed by atoms with Crippen molar-refractivity contribution in [3.05, 3.63) is 66.4 Å². The average Bonchev–Trinajstić information content (AvgIpc) is 2.73. The van der Waals surface area contributed by atoms with Crippen molar-refractivity contribution >= 4 is 22.5 Å². The maximum Gasteiger partial charge on any atom is 0.256 e. The minimum atomic E-state index is 0.0590. The molecule has 1 aliphatic heterocycles. The largest absolute Gasteiger partial charge is 0.497 e. The minimum absolute atomic E-state index is 0.0590. The number of rotatable bonds is 3. The van der Waals surface area contributed by atoms with Crippen molar-refractivity contribution in [2.75, 3.05) is 38.2 Å². The van der Waals surface area contributed by atoms with Crippen LogP contribution in [-0.2, 0) is 0 Å². The first kappa shape index (κ1) is 16.4. The first-order valence-corrected chi connectivity index (χ1v) is 8.78. The van der Waals surface area contributed by atoms with Crippen LogP contribution >= 0.6 is 0 Å². The molecular weight excluding hydrogens is 326 g/mol. The molecule has 1 aromatic heterocycles. The fourth-order valence-electron chi connectivity index (χ4n) is 3.41. The zero-order valence-corrected chi connectivity index (χ0v) is 14.8. The quantitative estimate of drug-likeness (QED) is 0.730. The van der Waals surface area contributed by atoms with Gasteiger partial charge in [0, 0.05) is 43.4 Å². The van der Waals surface area contributed by atoms with Crippen LogP contribution in [-0.4, -0.2) is 49.1 Å². The molecule has 2 heterocycles. The van der Waals surface area contributed by atoms with E-state index in [1.807, 2.05) is 47.4 Å². The van der Waals surface area contributed by atoms with Crippen molar-refractivity contribution in [2.24, 2.45) is 0 Å². The van der Waals surface area contributed by atoms with E-state index in [0.717, 1.165) is 35.4 Å². The number of benzene rings is 2. The third kappa shape index (κ3) is 3.08. The van der Waals surface area contributed by atoms with Gasteiger partial charge in [-0.1, -0.05) is 18.2 Å². The van der Waals surface area contributed by atoms with E-state index >= 15 is 0 Å². The normalized spacial score (nSPS) is 14.5. The Morgan fingerprint density at radius 3 is 2.42 bits per heavy atom. The number of hydrogen-bond donors (Lipinski definition) is 0. The van der Waals surface area contributed by atoms with Crippen molar-refractivity contribution in [3.8, 4) is 5.75 Å². The lowest BCUT2D eigenvalue weighted by Crippen LogP contribution is -2.48. The van der Waals surface area contributed by atoms with E-state index in [2.05, 4.69) is 22.0 Å². The fraction of sp³-hybridized carbons (Fsp3) is 0.238. The molecule has 0 spiro atoms. The third-order valence-electron chi connectivity index (χ3n) is 4.87. The second kappa shape index (κ2) is 7.04. The van der Waals surface area contributed by atoms with Crippen molar-refractivity contribution in [1.29, 1.82) is 0 Å². The fourth-order valence-corrected chi connectivity index (χ4v) is 3.41. The number of piperazine rings is 1. The zero-order valence-electron chi connectivity index (χ0n) is 14.8. The lowest BCUT2D eigenvalue weighted by Gasteiger charge is -2.36. The van der Waals surface area contributed by atoms with Crippen molar-refractivity contribution in [2.45, 2.75) is 0 Å². The number of methoxy groups -OCH3 is 1. The van der Waals surface area contributed by atoms with E-state index in [4.69, 9.17) is 4.74 Å². The Labute approximate surface area is 152 Å². The first-order valence-electron chi connectivity index (χ1n) is 8.78. The summed E-state index contributed by atoms with van der Waals surface area (Å²) in [6.07, 6.45) is 1.74. The molecule has 5 nitrogen and oxygen atoms in total. The number of pyridine rings is 1. The average molecular weight is 347 g/mol. The topological polar surface area (TPSA) is 45.7 Å². The summed E-state index contributed by atoms with van der Waals surface area (Å²) in [5.74, 6) is 0.912.